The van der Waals surface area contributed by atoms with Crippen molar-refractivity contribution in [2.75, 3.05) is 102 Å². The number of methoxy groups -OCH3 is 4. The first-order valence-electron chi connectivity index (χ1n) is 41.1. The number of carbonyl (C=O) groups excluding carboxylic acids is 9. The number of primary amides is 2. The van der Waals surface area contributed by atoms with Crippen molar-refractivity contribution in [1.29, 1.82) is 0 Å². The molecule has 3 aliphatic carbocycles. The van der Waals surface area contributed by atoms with E-state index in [1.807, 2.05) is 93.6 Å². The van der Waals surface area contributed by atoms with E-state index in [1.165, 1.54) is 66.1 Å². The second kappa shape index (κ2) is 37.7. The Labute approximate surface area is 735 Å². The number of hydrogen-bond donors (Lipinski definition) is 3. The molecule has 18 rings (SSSR count). The molecule has 3 spiro atoms. The summed E-state index contributed by atoms with van der Waals surface area (Å²) in [7, 11) is 6.01. The van der Waals surface area contributed by atoms with E-state index in [9.17, 15) is 53.1 Å². The number of rotatable bonds is 24. The third-order valence-electron chi connectivity index (χ3n) is 24.9. The van der Waals surface area contributed by atoms with Crippen LogP contribution in [0.3, 0.4) is 0 Å². The van der Waals surface area contributed by atoms with Gasteiger partial charge in [0.15, 0.2) is 17.3 Å². The molecule has 125 heavy (non-hydrogen) atoms. The highest BCUT2D eigenvalue weighted by atomic mass is 35.5. The first kappa shape index (κ1) is 89.0. The van der Waals surface area contributed by atoms with Gasteiger partial charge < -0.3 is 77.2 Å². The highest BCUT2D eigenvalue weighted by molar-refractivity contribution is 7.21. The Bertz CT molecular complexity index is 4980. The molecular formula is C89H95ClN8O24S3. The topological polar surface area (TPSA) is 423 Å². The summed E-state index contributed by atoms with van der Waals surface area (Å²) in [4.78, 5) is 150. The van der Waals surface area contributed by atoms with Gasteiger partial charge in [-0.3, -0.25) is 57.9 Å². The summed E-state index contributed by atoms with van der Waals surface area (Å²) >= 11 is 8.48. The molecule has 5 amide bonds. The smallest absolute Gasteiger partial charge is 0.403 e. The normalized spacial score (nSPS) is 23.0. The monoisotopic (exact) mass is 1790 g/mol. The molecule has 0 bridgehead atoms. The SMILES string of the molecule is COC(=O)Cl.COc1ccccc1[C@H](CN1C(=O)C2(CC(C(=O)O)C2)C(=O)c2c1sc(-c1ncco1)c2C)OC1CCOCC1.COc1ccccc1[C@H](CN1C(=O)C2(CC(C(N)=O)C2)C(=O)c2c1sc(-c1ncco1)c2C)OC1CCOCC1.COc1ccccc1[C@H](CN1C(=O)C2(CC(C(N)=O)C2)C(=O)c2c1sc(-c1ncco1)c2C)OC1CCOCC1. The summed E-state index contributed by atoms with van der Waals surface area (Å²) in [5.74, 6) is -2.66. The lowest BCUT2D eigenvalue weighted by Crippen LogP contribution is -2.61. The number of Topliss-reactive ketones (excluding diaryl/α,β-unsaturated/α-hetero) is 3. The van der Waals surface area contributed by atoms with Gasteiger partial charge in [-0.2, -0.15) is 0 Å². The van der Waals surface area contributed by atoms with Crippen LogP contribution in [-0.2, 0) is 61.9 Å². The van der Waals surface area contributed by atoms with Gasteiger partial charge in [0.1, 0.15) is 85.6 Å². The van der Waals surface area contributed by atoms with Gasteiger partial charge in [0.25, 0.3) is 0 Å². The van der Waals surface area contributed by atoms with E-state index in [-0.39, 0.29) is 106 Å². The average molecular weight is 1790 g/mol. The minimum atomic E-state index is -1.42. The van der Waals surface area contributed by atoms with E-state index < -0.39 is 81.4 Å². The molecule has 0 radical (unpaired) electrons. The molecule has 32 nitrogen and oxygen atoms in total. The zero-order chi connectivity index (χ0) is 88.3. The number of amides is 5. The lowest BCUT2D eigenvalue weighted by Gasteiger charge is -2.49. The van der Waals surface area contributed by atoms with Gasteiger partial charge in [0, 0.05) is 79.8 Å². The van der Waals surface area contributed by atoms with Gasteiger partial charge >= 0.3 is 11.4 Å². The Morgan fingerprint density at radius 2 is 0.720 bits per heavy atom. The van der Waals surface area contributed by atoms with Gasteiger partial charge in [-0.15, -0.1) is 34.0 Å². The van der Waals surface area contributed by atoms with Crippen molar-refractivity contribution in [2.45, 2.75) is 134 Å². The van der Waals surface area contributed by atoms with Crippen LogP contribution in [0.4, 0.5) is 19.8 Å². The van der Waals surface area contributed by atoms with E-state index in [2.05, 4.69) is 31.3 Å². The fourth-order valence-electron chi connectivity index (χ4n) is 18.1. The maximum absolute atomic E-state index is 14.3. The van der Waals surface area contributed by atoms with Crippen molar-refractivity contribution >= 4 is 119 Å². The maximum Gasteiger partial charge on any atom is 0.403 e. The number of hydrogen-bond acceptors (Lipinski definition) is 29. The van der Waals surface area contributed by atoms with Crippen molar-refractivity contribution in [3.63, 3.8) is 0 Å². The number of ketones is 3. The molecule has 3 saturated carbocycles. The summed E-state index contributed by atoms with van der Waals surface area (Å²) in [6.07, 6.45) is 11.9. The van der Waals surface area contributed by atoms with Crippen LogP contribution in [0.2, 0.25) is 0 Å². The predicted molar refractivity (Wildman–Crippen MR) is 455 cm³/mol. The van der Waals surface area contributed by atoms with E-state index in [0.29, 0.717) is 138 Å². The number of para-hydroxylation sites is 3. The number of carboxylic acid groups (broad SMARTS) is 1. The van der Waals surface area contributed by atoms with Gasteiger partial charge in [0.05, 0.1) is 122 Å². The Balaban J connectivity index is 0.000000141. The van der Waals surface area contributed by atoms with Crippen LogP contribution in [-0.4, -0.2) is 184 Å². The van der Waals surface area contributed by atoms with Crippen molar-refractivity contribution in [3.8, 4) is 49.6 Å². The standard InChI is InChI=1S/2C29H31N3O7S.C29H30N2O8S.C2H3ClO2/c2*1-16-22-24(33)29(13-17(14-29)25(30)34)28(35)32(27(22)40-23(16)26-31-9-12-38-26)15-21(39-18-7-10-37-11-8-18)19-5-3-4-6-20(19)36-2;1-16-22-24(32)29(13-17(14-29)27(33)34)28(35)31(26(22)40-23(16)25-30-9-12-38-25)15-21(39-18-7-10-37-11-8-18)19-5-3-4-6-20(19)36-2;1-5-2(3)4/h2*3-6,9,12,17-18,21H,7-8,10-11,13-15H2,1-2H3,(H2,30,34);3-6,9,12,17-18,21H,7-8,10-11,13-15H2,1-2H3,(H,33,34);1H3/t3*17?,21-,29?;/m000./s1. The number of nitrogens with two attached hydrogens (primary N) is 2. The van der Waals surface area contributed by atoms with Crippen molar-refractivity contribution in [1.82, 2.24) is 15.0 Å². The number of aromatic nitrogens is 3. The van der Waals surface area contributed by atoms with Crippen LogP contribution in [0.25, 0.3) is 32.3 Å². The molecule has 0 unspecified atom stereocenters. The van der Waals surface area contributed by atoms with Crippen LogP contribution in [0.5, 0.6) is 17.2 Å². The lowest BCUT2D eigenvalue weighted by atomic mass is 9.56. The lowest BCUT2D eigenvalue weighted by molar-refractivity contribution is -0.152. The number of carbonyl (C=O) groups is 10. The number of benzene rings is 3. The number of oxazole rings is 3. The van der Waals surface area contributed by atoms with E-state index >= 15 is 0 Å². The van der Waals surface area contributed by atoms with Gasteiger partial charge in [-0.25, -0.2) is 19.7 Å². The second-order valence-electron chi connectivity index (χ2n) is 32.1. The molecule has 6 aliphatic heterocycles. The average Bonchev–Trinajstić information content (AvgIpc) is 1.70. The first-order valence-corrected chi connectivity index (χ1v) is 43.9. The largest absolute Gasteiger partial charge is 0.496 e. The molecule has 9 aromatic rings. The Morgan fingerprint density at radius 3 is 0.952 bits per heavy atom. The predicted octanol–water partition coefficient (Wildman–Crippen LogP) is 13.8. The third-order valence-corrected chi connectivity index (χ3v) is 29.0. The summed E-state index contributed by atoms with van der Waals surface area (Å²) in [6.45, 7) is 9.54. The van der Waals surface area contributed by atoms with Crippen LogP contribution in [0.15, 0.2) is 123 Å². The summed E-state index contributed by atoms with van der Waals surface area (Å²) in [5, 5.41) is 11.2. The minimum absolute atomic E-state index is 0.0281. The van der Waals surface area contributed by atoms with Gasteiger partial charge in [0.2, 0.25) is 47.2 Å². The molecule has 3 atom stereocenters. The zero-order valence-electron chi connectivity index (χ0n) is 69.7. The number of nitrogens with zero attached hydrogens (tertiary/aromatic N) is 6. The summed E-state index contributed by atoms with van der Waals surface area (Å²) in [5.41, 5.74) is 12.1. The van der Waals surface area contributed by atoms with Gasteiger partial charge in [-0.1, -0.05) is 54.6 Å². The molecule has 12 heterocycles. The quantitative estimate of drug-likeness (QED) is 0.0373. The second-order valence-corrected chi connectivity index (χ2v) is 35.4. The van der Waals surface area contributed by atoms with E-state index in [0.717, 1.165) is 55.2 Å². The van der Waals surface area contributed by atoms with E-state index in [1.54, 1.807) is 48.4 Å². The molecule has 9 aliphatic rings. The zero-order valence-corrected chi connectivity index (χ0v) is 72.9. The molecule has 3 aromatic carbocycles. The number of aliphatic carboxylic acids is 1. The van der Waals surface area contributed by atoms with E-state index in [4.69, 9.17) is 67.4 Å². The fourth-order valence-corrected chi connectivity index (χ4v) is 21.9. The number of thiophene rings is 3. The van der Waals surface area contributed by atoms with Crippen LogP contribution in [0, 0.1) is 54.8 Å². The molecule has 6 aromatic heterocycles. The number of fused-ring (bicyclic) bond motifs is 3. The van der Waals surface area contributed by atoms with Crippen LogP contribution >= 0.6 is 45.6 Å². The minimum Gasteiger partial charge on any atom is -0.496 e. The van der Waals surface area contributed by atoms with Crippen molar-refractivity contribution < 1.29 is 114 Å². The Morgan fingerprint density at radius 1 is 0.456 bits per heavy atom. The fraction of sp³-hybridized carbons (Fsp3) is 0.449. The number of ether oxygens (including phenoxy) is 10. The highest BCUT2D eigenvalue weighted by Gasteiger charge is 2.66. The molecular weight excluding hydrogens is 1700 g/mol. The summed E-state index contributed by atoms with van der Waals surface area (Å²) in [6, 6.07) is 22.7. The molecule has 36 heteroatoms. The van der Waals surface area contributed by atoms with Gasteiger partial charge in [-0.05, 0) is 133 Å². The molecule has 6 fully saturated rings. The first-order chi connectivity index (χ1) is 60.3. The maximum atomic E-state index is 14.3. The molecule has 660 valence electrons. The Kier molecular flexibility index (Phi) is 26.9. The molecule has 3 saturated heterocycles. The summed E-state index contributed by atoms with van der Waals surface area (Å²) < 4.78 is 74.1. The third kappa shape index (κ3) is 17.2. The number of carboxylic acids is 1. The number of anilines is 3. The van der Waals surface area contributed by atoms with Crippen LogP contribution < -0.4 is 40.4 Å². The Hall–Kier alpha value is -10.9. The number of halogens is 1. The molecule has 5 N–H and O–H groups in total. The van der Waals surface area contributed by atoms with Crippen LogP contribution in [0.1, 0.15) is 160 Å². The van der Waals surface area contributed by atoms with Crippen molar-refractivity contribution in [2.24, 2.45) is 45.5 Å². The highest BCUT2D eigenvalue weighted by Crippen LogP contribution is 2.61. The van der Waals surface area contributed by atoms with Crippen molar-refractivity contribution in [3.05, 3.63) is 160 Å².